The Labute approximate surface area is 171 Å². The predicted molar refractivity (Wildman–Crippen MR) is 107 cm³/mol. The van der Waals surface area contributed by atoms with Crippen LogP contribution in [0, 0.1) is 11.3 Å². The number of ether oxygens (including phenoxy) is 1. The molecule has 2 aromatic rings. The van der Waals surface area contributed by atoms with E-state index in [-0.39, 0.29) is 13.0 Å². The van der Waals surface area contributed by atoms with Gasteiger partial charge in [0.25, 0.3) is 0 Å². The number of nitrogens with one attached hydrogen (secondary N) is 1. The number of rotatable bonds is 7. The van der Waals surface area contributed by atoms with Crippen molar-refractivity contribution < 1.29 is 19.4 Å². The second-order valence-electron chi connectivity index (χ2n) is 6.20. The van der Waals surface area contributed by atoms with Gasteiger partial charge in [0.1, 0.15) is 6.61 Å². The molecule has 2 aromatic carbocycles. The summed E-state index contributed by atoms with van der Waals surface area (Å²) in [7, 11) is 0. The fourth-order valence-electron chi connectivity index (χ4n) is 2.72. The molecule has 0 aliphatic carbocycles. The van der Waals surface area contributed by atoms with Gasteiger partial charge in [-0.1, -0.05) is 64.0 Å². The van der Waals surface area contributed by atoms with E-state index in [1.54, 1.807) is 43.3 Å². The van der Waals surface area contributed by atoms with E-state index in [1.165, 1.54) is 6.08 Å². The van der Waals surface area contributed by atoms with Crippen molar-refractivity contribution in [2.75, 3.05) is 0 Å². The Bertz CT molecular complexity index is 904. The molecule has 1 unspecified atom stereocenters. The third-order valence-electron chi connectivity index (χ3n) is 4.09. The lowest BCUT2D eigenvalue weighted by Crippen LogP contribution is -2.52. The van der Waals surface area contributed by atoms with Crippen molar-refractivity contribution >= 4 is 28.0 Å². The van der Waals surface area contributed by atoms with Crippen molar-refractivity contribution in [3.8, 4) is 6.07 Å². The number of halogens is 1. The smallest absolute Gasteiger partial charge is 0.408 e. The molecule has 0 fully saturated rings. The van der Waals surface area contributed by atoms with Crippen LogP contribution in [-0.4, -0.2) is 17.2 Å². The standard InChI is InChI=1S/C21H19BrN2O4/c1-15(11-12-23)13-21(19(25)26,17-7-9-18(22)10-8-17)24-20(27)28-14-16-5-3-2-4-6-16/h2-11H,13-14H2,1H3,(H,24,27)(H,25,26). The summed E-state index contributed by atoms with van der Waals surface area (Å²) in [5, 5.41) is 21.4. The Morgan fingerprint density at radius 3 is 2.43 bits per heavy atom. The minimum Gasteiger partial charge on any atom is -0.479 e. The van der Waals surface area contributed by atoms with Crippen molar-refractivity contribution in [1.82, 2.24) is 5.32 Å². The van der Waals surface area contributed by atoms with E-state index in [1.807, 2.05) is 24.3 Å². The first-order chi connectivity index (χ1) is 13.4. The molecule has 1 amide bonds. The number of aliphatic carboxylic acids is 1. The number of alkyl carbamates (subject to hydrolysis) is 1. The monoisotopic (exact) mass is 442 g/mol. The molecule has 7 heteroatoms. The normalized spacial score (nSPS) is 13.1. The van der Waals surface area contributed by atoms with Gasteiger partial charge in [0.15, 0.2) is 5.54 Å². The number of carbonyl (C=O) groups is 2. The third-order valence-corrected chi connectivity index (χ3v) is 4.61. The van der Waals surface area contributed by atoms with Gasteiger partial charge >= 0.3 is 12.1 Å². The summed E-state index contributed by atoms with van der Waals surface area (Å²) < 4.78 is 5.98. The molecule has 0 saturated heterocycles. The molecule has 144 valence electrons. The van der Waals surface area contributed by atoms with E-state index in [2.05, 4.69) is 21.2 Å². The Hall–Kier alpha value is -3.11. The molecule has 0 aliphatic rings. The summed E-state index contributed by atoms with van der Waals surface area (Å²) >= 11 is 3.31. The molecule has 2 rings (SSSR count). The maximum absolute atomic E-state index is 12.4. The third kappa shape index (κ3) is 5.44. The second kappa shape index (κ2) is 9.72. The van der Waals surface area contributed by atoms with E-state index < -0.39 is 17.6 Å². The maximum atomic E-state index is 12.4. The van der Waals surface area contributed by atoms with E-state index in [0.29, 0.717) is 11.1 Å². The fourth-order valence-corrected chi connectivity index (χ4v) is 2.98. The quantitative estimate of drug-likeness (QED) is 0.614. The lowest BCUT2D eigenvalue weighted by Gasteiger charge is -2.31. The number of hydrogen-bond donors (Lipinski definition) is 2. The first-order valence-corrected chi connectivity index (χ1v) is 9.20. The van der Waals surface area contributed by atoms with E-state index >= 15 is 0 Å². The van der Waals surface area contributed by atoms with Crippen LogP contribution in [-0.2, 0) is 21.7 Å². The van der Waals surface area contributed by atoms with Crippen LogP contribution in [0.15, 0.2) is 70.7 Å². The highest BCUT2D eigenvalue weighted by Gasteiger charge is 2.42. The van der Waals surface area contributed by atoms with Gasteiger partial charge in [-0.2, -0.15) is 5.26 Å². The number of hydrogen-bond acceptors (Lipinski definition) is 4. The van der Waals surface area contributed by atoms with Crippen LogP contribution in [0.2, 0.25) is 0 Å². The fraction of sp³-hybridized carbons (Fsp3) is 0.190. The Balaban J connectivity index is 2.31. The number of nitriles is 1. The molecule has 0 bridgehead atoms. The summed E-state index contributed by atoms with van der Waals surface area (Å²) in [6, 6.07) is 17.5. The number of carbonyl (C=O) groups excluding carboxylic acids is 1. The molecule has 0 aliphatic heterocycles. The van der Waals surface area contributed by atoms with Crippen molar-refractivity contribution in [2.45, 2.75) is 25.5 Å². The number of allylic oxidation sites excluding steroid dienone is 1. The van der Waals surface area contributed by atoms with Crippen LogP contribution >= 0.6 is 15.9 Å². The molecule has 2 N–H and O–H groups in total. The first-order valence-electron chi connectivity index (χ1n) is 8.41. The molecule has 0 spiro atoms. The van der Waals surface area contributed by atoms with Crippen molar-refractivity contribution in [1.29, 1.82) is 5.26 Å². The van der Waals surface area contributed by atoms with E-state index in [4.69, 9.17) is 10.00 Å². The van der Waals surface area contributed by atoms with Crippen molar-refractivity contribution in [3.63, 3.8) is 0 Å². The summed E-state index contributed by atoms with van der Waals surface area (Å²) in [6.07, 6.45) is 0.310. The minimum absolute atomic E-state index is 0.00965. The van der Waals surface area contributed by atoms with Crippen LogP contribution in [0.3, 0.4) is 0 Å². The number of carboxylic acid groups (broad SMARTS) is 1. The van der Waals surface area contributed by atoms with Crippen molar-refractivity contribution in [3.05, 3.63) is 81.8 Å². The van der Waals surface area contributed by atoms with Gasteiger partial charge in [-0.15, -0.1) is 0 Å². The summed E-state index contributed by atoms with van der Waals surface area (Å²) in [4.78, 5) is 24.7. The molecular weight excluding hydrogens is 424 g/mol. The van der Waals surface area contributed by atoms with Crippen LogP contribution in [0.25, 0.3) is 0 Å². The van der Waals surface area contributed by atoms with Crippen LogP contribution in [0.1, 0.15) is 24.5 Å². The Morgan fingerprint density at radius 2 is 1.86 bits per heavy atom. The molecule has 0 aromatic heterocycles. The molecule has 0 radical (unpaired) electrons. The topological polar surface area (TPSA) is 99.4 Å². The molecule has 28 heavy (non-hydrogen) atoms. The molecule has 6 nitrogen and oxygen atoms in total. The number of benzene rings is 2. The van der Waals surface area contributed by atoms with Crippen LogP contribution in [0.4, 0.5) is 4.79 Å². The highest BCUT2D eigenvalue weighted by atomic mass is 79.9. The van der Waals surface area contributed by atoms with Gasteiger partial charge in [0.2, 0.25) is 0 Å². The van der Waals surface area contributed by atoms with E-state index in [0.717, 1.165) is 10.0 Å². The lowest BCUT2D eigenvalue weighted by atomic mass is 9.84. The van der Waals surface area contributed by atoms with E-state index in [9.17, 15) is 14.7 Å². The summed E-state index contributed by atoms with van der Waals surface area (Å²) in [5.41, 5.74) is -0.115. The average molecular weight is 443 g/mol. The molecule has 0 heterocycles. The molecule has 0 saturated carbocycles. The zero-order valence-electron chi connectivity index (χ0n) is 15.2. The summed E-state index contributed by atoms with van der Waals surface area (Å²) in [5.74, 6) is -1.25. The SMILES string of the molecule is CC(=CC#N)CC(NC(=O)OCc1ccccc1)(C(=O)O)c1ccc(Br)cc1. The first kappa shape index (κ1) is 21.2. The highest BCUT2D eigenvalue weighted by Crippen LogP contribution is 2.30. The average Bonchev–Trinajstić information content (AvgIpc) is 2.67. The number of amides is 1. The molecule has 1 atom stereocenters. The second-order valence-corrected chi connectivity index (χ2v) is 7.12. The zero-order valence-corrected chi connectivity index (χ0v) is 16.8. The Morgan fingerprint density at radius 1 is 1.21 bits per heavy atom. The zero-order chi connectivity index (χ0) is 20.6. The van der Waals surface area contributed by atoms with Gasteiger partial charge in [0.05, 0.1) is 6.07 Å². The van der Waals surface area contributed by atoms with Crippen molar-refractivity contribution in [2.24, 2.45) is 0 Å². The highest BCUT2D eigenvalue weighted by molar-refractivity contribution is 9.10. The maximum Gasteiger partial charge on any atom is 0.408 e. The van der Waals surface area contributed by atoms with Gasteiger partial charge in [-0.3, -0.25) is 0 Å². The van der Waals surface area contributed by atoms with Gasteiger partial charge in [-0.25, -0.2) is 9.59 Å². The van der Waals surface area contributed by atoms with Crippen LogP contribution < -0.4 is 5.32 Å². The van der Waals surface area contributed by atoms with Gasteiger partial charge < -0.3 is 15.2 Å². The van der Waals surface area contributed by atoms with Gasteiger partial charge in [-0.05, 0) is 30.2 Å². The number of carboxylic acids is 1. The molecular formula is C21H19BrN2O4. The predicted octanol–water partition coefficient (Wildman–Crippen LogP) is 4.52. The largest absolute Gasteiger partial charge is 0.479 e. The van der Waals surface area contributed by atoms with Crippen LogP contribution in [0.5, 0.6) is 0 Å². The number of nitrogens with zero attached hydrogens (tertiary/aromatic N) is 1. The van der Waals surface area contributed by atoms with Gasteiger partial charge in [0, 0.05) is 17.0 Å². The summed E-state index contributed by atoms with van der Waals surface area (Å²) in [6.45, 7) is 1.65. The lowest BCUT2D eigenvalue weighted by molar-refractivity contribution is -0.145. The Kier molecular flexibility index (Phi) is 7.36. The minimum atomic E-state index is -1.77.